The predicted molar refractivity (Wildman–Crippen MR) is 69.1 cm³/mol. The van der Waals surface area contributed by atoms with E-state index in [2.05, 4.69) is 18.9 Å². The number of ether oxygens (including phenoxy) is 1. The molecule has 2 N–H and O–H groups in total. The predicted octanol–water partition coefficient (Wildman–Crippen LogP) is 2.75. The van der Waals surface area contributed by atoms with Crippen molar-refractivity contribution in [3.63, 3.8) is 0 Å². The molecule has 4 nitrogen and oxygen atoms in total. The SMILES string of the molecule is CCn1nc(C)c(N)c1OC1CCCCC1C. The van der Waals surface area contributed by atoms with Crippen molar-refractivity contribution >= 4 is 5.69 Å². The van der Waals surface area contributed by atoms with Gasteiger partial charge in [0.2, 0.25) is 5.88 Å². The van der Waals surface area contributed by atoms with Crippen LogP contribution in [0.4, 0.5) is 5.69 Å². The Hall–Kier alpha value is -1.19. The number of nitrogens with two attached hydrogens (primary N) is 1. The lowest BCUT2D eigenvalue weighted by atomic mass is 9.88. The Morgan fingerprint density at radius 1 is 1.41 bits per heavy atom. The van der Waals surface area contributed by atoms with Gasteiger partial charge in [-0.3, -0.25) is 0 Å². The molecule has 1 aromatic rings. The molecule has 1 aromatic heterocycles. The van der Waals surface area contributed by atoms with Gasteiger partial charge in [-0.25, -0.2) is 4.68 Å². The van der Waals surface area contributed by atoms with Crippen molar-refractivity contribution in [3.05, 3.63) is 5.69 Å². The third kappa shape index (κ3) is 2.40. The van der Waals surface area contributed by atoms with Crippen LogP contribution < -0.4 is 10.5 Å². The number of hydrogen-bond acceptors (Lipinski definition) is 3. The minimum absolute atomic E-state index is 0.299. The number of anilines is 1. The fraction of sp³-hybridized carbons (Fsp3) is 0.769. The Labute approximate surface area is 103 Å². The van der Waals surface area contributed by atoms with Gasteiger partial charge >= 0.3 is 0 Å². The lowest BCUT2D eigenvalue weighted by molar-refractivity contribution is 0.0926. The van der Waals surface area contributed by atoms with Crippen LogP contribution in [0.5, 0.6) is 5.88 Å². The summed E-state index contributed by atoms with van der Waals surface area (Å²) < 4.78 is 7.98. The summed E-state index contributed by atoms with van der Waals surface area (Å²) in [5, 5.41) is 4.39. The number of aromatic nitrogens is 2. The maximum atomic E-state index is 6.12. The van der Waals surface area contributed by atoms with Crippen LogP contribution in [0.2, 0.25) is 0 Å². The second-order valence-corrected chi connectivity index (χ2v) is 5.04. The van der Waals surface area contributed by atoms with E-state index in [0.717, 1.165) is 24.5 Å². The van der Waals surface area contributed by atoms with Crippen molar-refractivity contribution in [1.29, 1.82) is 0 Å². The molecule has 1 fully saturated rings. The minimum atomic E-state index is 0.299. The molecule has 0 saturated heterocycles. The highest BCUT2D eigenvalue weighted by Crippen LogP contribution is 2.32. The van der Waals surface area contributed by atoms with Crippen LogP contribution in [0.3, 0.4) is 0 Å². The fourth-order valence-corrected chi connectivity index (χ4v) is 2.51. The zero-order valence-electron chi connectivity index (χ0n) is 11.1. The van der Waals surface area contributed by atoms with Gasteiger partial charge in [-0.2, -0.15) is 5.10 Å². The molecule has 0 bridgehead atoms. The van der Waals surface area contributed by atoms with E-state index in [1.54, 1.807) is 0 Å². The number of hydrogen-bond donors (Lipinski definition) is 1. The van der Waals surface area contributed by atoms with Crippen molar-refractivity contribution in [3.8, 4) is 5.88 Å². The quantitative estimate of drug-likeness (QED) is 0.879. The van der Waals surface area contributed by atoms with Crippen LogP contribution in [0, 0.1) is 12.8 Å². The van der Waals surface area contributed by atoms with Gasteiger partial charge < -0.3 is 10.5 Å². The summed E-state index contributed by atoms with van der Waals surface area (Å²) in [6.45, 7) is 7.05. The monoisotopic (exact) mass is 237 g/mol. The molecule has 96 valence electrons. The van der Waals surface area contributed by atoms with Crippen LogP contribution in [0.15, 0.2) is 0 Å². The van der Waals surface area contributed by atoms with Gasteiger partial charge in [0.25, 0.3) is 0 Å². The zero-order chi connectivity index (χ0) is 12.4. The molecule has 0 spiro atoms. The lowest BCUT2D eigenvalue weighted by Gasteiger charge is -2.29. The zero-order valence-corrected chi connectivity index (χ0v) is 11.1. The summed E-state index contributed by atoms with van der Waals surface area (Å²) in [5.74, 6) is 1.38. The Morgan fingerprint density at radius 3 is 2.76 bits per heavy atom. The summed E-state index contributed by atoms with van der Waals surface area (Å²) >= 11 is 0. The summed E-state index contributed by atoms with van der Waals surface area (Å²) in [4.78, 5) is 0. The van der Waals surface area contributed by atoms with Crippen molar-refractivity contribution in [1.82, 2.24) is 9.78 Å². The number of nitrogen functional groups attached to an aromatic ring is 1. The van der Waals surface area contributed by atoms with Crippen molar-refractivity contribution < 1.29 is 4.74 Å². The maximum absolute atomic E-state index is 6.12. The van der Waals surface area contributed by atoms with Gasteiger partial charge in [0.05, 0.1) is 5.69 Å². The molecule has 0 aromatic carbocycles. The number of nitrogens with zero attached hydrogens (tertiary/aromatic N) is 2. The highest BCUT2D eigenvalue weighted by molar-refractivity contribution is 5.52. The van der Waals surface area contributed by atoms with E-state index in [9.17, 15) is 0 Å². The Balaban J connectivity index is 2.16. The molecular formula is C13H23N3O. The average molecular weight is 237 g/mol. The van der Waals surface area contributed by atoms with Crippen LogP contribution >= 0.6 is 0 Å². The van der Waals surface area contributed by atoms with E-state index in [-0.39, 0.29) is 0 Å². The first kappa shape index (κ1) is 12.3. The van der Waals surface area contributed by atoms with E-state index >= 15 is 0 Å². The molecule has 1 saturated carbocycles. The minimum Gasteiger partial charge on any atom is -0.473 e. The molecule has 2 rings (SSSR count). The average Bonchev–Trinajstić information content (AvgIpc) is 2.59. The third-order valence-electron chi connectivity index (χ3n) is 3.72. The first-order chi connectivity index (χ1) is 8.13. The van der Waals surface area contributed by atoms with Gasteiger partial charge in [-0.1, -0.05) is 13.3 Å². The third-order valence-corrected chi connectivity index (χ3v) is 3.72. The van der Waals surface area contributed by atoms with Crippen LogP contribution in [-0.2, 0) is 6.54 Å². The van der Waals surface area contributed by atoms with Crippen LogP contribution in [-0.4, -0.2) is 15.9 Å². The first-order valence-electron chi connectivity index (χ1n) is 6.63. The first-order valence-corrected chi connectivity index (χ1v) is 6.63. The van der Waals surface area contributed by atoms with Crippen molar-refractivity contribution in [2.45, 2.75) is 59.1 Å². The summed E-state index contributed by atoms with van der Waals surface area (Å²) in [5.41, 5.74) is 7.60. The molecule has 1 aliphatic rings. The van der Waals surface area contributed by atoms with Gasteiger partial charge in [0.1, 0.15) is 11.8 Å². The van der Waals surface area contributed by atoms with E-state index in [1.165, 1.54) is 19.3 Å². The van der Waals surface area contributed by atoms with Crippen molar-refractivity contribution in [2.75, 3.05) is 5.73 Å². The second-order valence-electron chi connectivity index (χ2n) is 5.04. The number of rotatable bonds is 3. The topological polar surface area (TPSA) is 53.1 Å². The van der Waals surface area contributed by atoms with Gasteiger partial charge in [-0.15, -0.1) is 0 Å². The maximum Gasteiger partial charge on any atom is 0.236 e. The smallest absolute Gasteiger partial charge is 0.236 e. The summed E-state index contributed by atoms with van der Waals surface area (Å²) in [6.07, 6.45) is 5.27. The molecule has 2 atom stereocenters. The second kappa shape index (κ2) is 4.98. The molecule has 4 heteroatoms. The Morgan fingerprint density at radius 2 is 2.12 bits per heavy atom. The van der Waals surface area contributed by atoms with Crippen LogP contribution in [0.25, 0.3) is 0 Å². The Bertz CT molecular complexity index is 386. The number of aryl methyl sites for hydroxylation is 2. The molecule has 1 aliphatic carbocycles. The van der Waals surface area contributed by atoms with E-state index < -0.39 is 0 Å². The van der Waals surface area contributed by atoms with E-state index in [4.69, 9.17) is 10.5 Å². The van der Waals surface area contributed by atoms with Gasteiger partial charge in [0, 0.05) is 6.54 Å². The van der Waals surface area contributed by atoms with Crippen LogP contribution in [0.1, 0.15) is 45.2 Å². The molecule has 0 radical (unpaired) electrons. The normalized spacial score (nSPS) is 24.9. The largest absolute Gasteiger partial charge is 0.473 e. The van der Waals surface area contributed by atoms with Crippen molar-refractivity contribution in [2.24, 2.45) is 5.92 Å². The highest BCUT2D eigenvalue weighted by atomic mass is 16.5. The van der Waals surface area contributed by atoms with Gasteiger partial charge in [-0.05, 0) is 39.0 Å². The molecular weight excluding hydrogens is 214 g/mol. The summed E-state index contributed by atoms with van der Waals surface area (Å²) in [7, 11) is 0. The fourth-order valence-electron chi connectivity index (χ4n) is 2.51. The standard InChI is InChI=1S/C13H23N3O/c1-4-16-13(12(14)10(3)15-16)17-11-8-6-5-7-9(11)2/h9,11H,4-8,14H2,1-3H3. The molecule has 1 heterocycles. The van der Waals surface area contributed by atoms with E-state index in [1.807, 2.05) is 11.6 Å². The molecule has 0 aliphatic heterocycles. The Kier molecular flexibility index (Phi) is 3.60. The molecule has 0 amide bonds. The molecule has 17 heavy (non-hydrogen) atoms. The molecule has 2 unspecified atom stereocenters. The van der Waals surface area contributed by atoms with E-state index in [0.29, 0.717) is 17.7 Å². The lowest BCUT2D eigenvalue weighted by Crippen LogP contribution is -2.29. The highest BCUT2D eigenvalue weighted by Gasteiger charge is 2.25. The van der Waals surface area contributed by atoms with Gasteiger partial charge in [0.15, 0.2) is 0 Å². The summed E-state index contributed by atoms with van der Waals surface area (Å²) in [6, 6.07) is 0.